The summed E-state index contributed by atoms with van der Waals surface area (Å²) in [6.45, 7) is 3.15. The minimum Gasteiger partial charge on any atom is -0.478 e. The van der Waals surface area contributed by atoms with Gasteiger partial charge in [0.05, 0.1) is 18.8 Å². The van der Waals surface area contributed by atoms with Crippen LogP contribution in [0.1, 0.15) is 26.3 Å². The fraction of sp³-hybridized carbons (Fsp3) is 0.200. The second kappa shape index (κ2) is 7.77. The molecule has 1 saturated heterocycles. The molecule has 2 aromatic rings. The second-order valence-corrected chi connectivity index (χ2v) is 5.77. The van der Waals surface area contributed by atoms with E-state index >= 15 is 0 Å². The molecular weight excluding hydrogens is 318 g/mol. The van der Waals surface area contributed by atoms with Gasteiger partial charge in [0.1, 0.15) is 0 Å². The number of ketones is 1. The van der Waals surface area contributed by atoms with E-state index in [1.165, 1.54) is 18.2 Å². The zero-order valence-electron chi connectivity index (χ0n) is 13.7. The number of nitrogens with zero attached hydrogens (tertiary/aromatic N) is 1. The summed E-state index contributed by atoms with van der Waals surface area (Å²) in [5.41, 5.74) is 2.56. The van der Waals surface area contributed by atoms with Gasteiger partial charge in [-0.25, -0.2) is 4.79 Å². The number of carbonyl (C=O) groups is 2. The zero-order chi connectivity index (χ0) is 17.6. The first kappa shape index (κ1) is 16.9. The van der Waals surface area contributed by atoms with Gasteiger partial charge in [0.2, 0.25) is 0 Å². The smallest absolute Gasteiger partial charge is 0.335 e. The molecule has 25 heavy (non-hydrogen) atoms. The van der Waals surface area contributed by atoms with Gasteiger partial charge in [-0.2, -0.15) is 0 Å². The third kappa shape index (κ3) is 4.33. The molecule has 2 aromatic carbocycles. The molecule has 1 aliphatic rings. The van der Waals surface area contributed by atoms with Gasteiger partial charge in [-0.3, -0.25) is 4.79 Å². The van der Waals surface area contributed by atoms with Gasteiger partial charge < -0.3 is 14.7 Å². The lowest BCUT2D eigenvalue weighted by Gasteiger charge is -2.28. The Labute approximate surface area is 146 Å². The number of ether oxygens (including phenoxy) is 1. The number of anilines is 1. The Morgan fingerprint density at radius 3 is 2.40 bits per heavy atom. The standard InChI is InChI=1S/C20H19NO4/c22-19(9-4-15-2-1-3-17(14-15)20(23)24)16-5-7-18(8-6-16)21-10-12-25-13-11-21/h1-9,14H,10-13H2,(H,23,24)/b9-4+. The van der Waals surface area contributed by atoms with Gasteiger partial charge in [0.25, 0.3) is 0 Å². The number of rotatable bonds is 5. The van der Waals surface area contributed by atoms with Crippen molar-refractivity contribution in [2.75, 3.05) is 31.2 Å². The summed E-state index contributed by atoms with van der Waals surface area (Å²) in [5.74, 6) is -1.10. The van der Waals surface area contributed by atoms with E-state index in [1.807, 2.05) is 24.3 Å². The molecule has 1 fully saturated rings. The number of carboxylic acid groups (broad SMARTS) is 1. The maximum Gasteiger partial charge on any atom is 0.335 e. The molecule has 1 heterocycles. The average Bonchev–Trinajstić information content (AvgIpc) is 2.67. The van der Waals surface area contributed by atoms with E-state index in [9.17, 15) is 9.59 Å². The predicted molar refractivity (Wildman–Crippen MR) is 96.2 cm³/mol. The van der Waals surface area contributed by atoms with Crippen LogP contribution < -0.4 is 4.90 Å². The van der Waals surface area contributed by atoms with Crippen LogP contribution in [-0.4, -0.2) is 43.2 Å². The summed E-state index contributed by atoms with van der Waals surface area (Å²) in [5, 5.41) is 9.00. The number of hydrogen-bond acceptors (Lipinski definition) is 4. The van der Waals surface area contributed by atoms with E-state index in [-0.39, 0.29) is 11.3 Å². The van der Waals surface area contributed by atoms with E-state index in [0.717, 1.165) is 32.0 Å². The second-order valence-electron chi connectivity index (χ2n) is 5.77. The van der Waals surface area contributed by atoms with Crippen molar-refractivity contribution in [2.24, 2.45) is 0 Å². The van der Waals surface area contributed by atoms with Gasteiger partial charge in [0.15, 0.2) is 5.78 Å². The Morgan fingerprint density at radius 2 is 1.72 bits per heavy atom. The summed E-state index contributed by atoms with van der Waals surface area (Å²) in [6.07, 6.45) is 3.09. The van der Waals surface area contributed by atoms with Crippen molar-refractivity contribution in [3.05, 3.63) is 71.3 Å². The SMILES string of the molecule is O=C(O)c1cccc(/C=C/C(=O)c2ccc(N3CCOCC3)cc2)c1. The molecule has 5 heteroatoms. The van der Waals surface area contributed by atoms with Gasteiger partial charge in [-0.15, -0.1) is 0 Å². The van der Waals surface area contributed by atoms with Crippen molar-refractivity contribution in [1.29, 1.82) is 0 Å². The molecule has 3 rings (SSSR count). The normalized spacial score (nSPS) is 14.6. The van der Waals surface area contributed by atoms with Crippen molar-refractivity contribution in [1.82, 2.24) is 0 Å². The number of morpholine rings is 1. The van der Waals surface area contributed by atoms with Crippen LogP contribution in [0.3, 0.4) is 0 Å². The van der Waals surface area contributed by atoms with Crippen molar-refractivity contribution in [3.63, 3.8) is 0 Å². The number of carbonyl (C=O) groups excluding carboxylic acids is 1. The minimum absolute atomic E-state index is 0.116. The van der Waals surface area contributed by atoms with Crippen LogP contribution in [0.15, 0.2) is 54.6 Å². The number of aromatic carboxylic acids is 1. The molecule has 0 radical (unpaired) electrons. The van der Waals surface area contributed by atoms with Crippen LogP contribution in [0.5, 0.6) is 0 Å². The Hall–Kier alpha value is -2.92. The van der Waals surface area contributed by atoms with Crippen LogP contribution in [0.25, 0.3) is 6.08 Å². The van der Waals surface area contributed by atoms with E-state index < -0.39 is 5.97 Å². The highest BCUT2D eigenvalue weighted by atomic mass is 16.5. The van der Waals surface area contributed by atoms with Crippen molar-refractivity contribution in [2.45, 2.75) is 0 Å². The van der Waals surface area contributed by atoms with Gasteiger partial charge in [-0.05, 0) is 48.0 Å². The number of hydrogen-bond donors (Lipinski definition) is 1. The van der Waals surface area contributed by atoms with E-state index in [0.29, 0.717) is 11.1 Å². The Morgan fingerprint density at radius 1 is 1.00 bits per heavy atom. The molecule has 0 unspecified atom stereocenters. The molecule has 1 aliphatic heterocycles. The fourth-order valence-corrected chi connectivity index (χ4v) is 2.70. The molecular formula is C20H19NO4. The first-order chi connectivity index (χ1) is 12.1. The first-order valence-electron chi connectivity index (χ1n) is 8.12. The fourth-order valence-electron chi connectivity index (χ4n) is 2.70. The van der Waals surface area contributed by atoms with Gasteiger partial charge in [0, 0.05) is 24.3 Å². The van der Waals surface area contributed by atoms with E-state index in [1.54, 1.807) is 18.2 Å². The Bertz CT molecular complexity index is 790. The summed E-state index contributed by atoms with van der Waals surface area (Å²) < 4.78 is 5.34. The van der Waals surface area contributed by atoms with E-state index in [4.69, 9.17) is 9.84 Å². The van der Waals surface area contributed by atoms with Gasteiger partial charge >= 0.3 is 5.97 Å². The number of benzene rings is 2. The molecule has 0 aromatic heterocycles. The molecule has 0 bridgehead atoms. The average molecular weight is 337 g/mol. The lowest BCUT2D eigenvalue weighted by molar-refractivity contribution is 0.0696. The van der Waals surface area contributed by atoms with Crippen LogP contribution >= 0.6 is 0 Å². The van der Waals surface area contributed by atoms with Crippen molar-refractivity contribution in [3.8, 4) is 0 Å². The maximum absolute atomic E-state index is 12.3. The summed E-state index contributed by atoms with van der Waals surface area (Å²) in [4.78, 5) is 25.5. The highest BCUT2D eigenvalue weighted by molar-refractivity contribution is 6.07. The van der Waals surface area contributed by atoms with Crippen LogP contribution in [-0.2, 0) is 4.74 Å². The largest absolute Gasteiger partial charge is 0.478 e. The molecule has 128 valence electrons. The highest BCUT2D eigenvalue weighted by Gasteiger charge is 2.11. The molecule has 0 atom stereocenters. The van der Waals surface area contributed by atoms with Crippen LogP contribution in [0.4, 0.5) is 5.69 Å². The van der Waals surface area contributed by atoms with Crippen LogP contribution in [0, 0.1) is 0 Å². The number of allylic oxidation sites excluding steroid dienone is 1. The number of carboxylic acids is 1. The molecule has 0 spiro atoms. The van der Waals surface area contributed by atoms with Crippen molar-refractivity contribution < 1.29 is 19.4 Å². The monoisotopic (exact) mass is 337 g/mol. The highest BCUT2D eigenvalue weighted by Crippen LogP contribution is 2.17. The molecule has 0 saturated carbocycles. The molecule has 5 nitrogen and oxygen atoms in total. The quantitative estimate of drug-likeness (QED) is 0.671. The topological polar surface area (TPSA) is 66.8 Å². The lowest BCUT2D eigenvalue weighted by Crippen LogP contribution is -2.36. The zero-order valence-corrected chi connectivity index (χ0v) is 13.7. The van der Waals surface area contributed by atoms with Gasteiger partial charge in [-0.1, -0.05) is 18.2 Å². The molecule has 0 aliphatic carbocycles. The summed E-state index contributed by atoms with van der Waals surface area (Å²) in [6, 6.07) is 14.0. The minimum atomic E-state index is -0.986. The predicted octanol–water partition coefficient (Wildman–Crippen LogP) is 3.12. The maximum atomic E-state index is 12.3. The van der Waals surface area contributed by atoms with E-state index in [2.05, 4.69) is 4.90 Å². The van der Waals surface area contributed by atoms with Crippen molar-refractivity contribution >= 4 is 23.5 Å². The molecule has 0 amide bonds. The Kier molecular flexibility index (Phi) is 5.26. The first-order valence-corrected chi connectivity index (χ1v) is 8.12. The third-order valence-electron chi connectivity index (χ3n) is 4.09. The Balaban J connectivity index is 1.68. The third-order valence-corrected chi connectivity index (χ3v) is 4.09. The van der Waals surface area contributed by atoms with Crippen LogP contribution in [0.2, 0.25) is 0 Å². The lowest BCUT2D eigenvalue weighted by atomic mass is 10.1. The summed E-state index contributed by atoms with van der Waals surface area (Å²) >= 11 is 0. The molecule has 1 N–H and O–H groups in total. The summed E-state index contributed by atoms with van der Waals surface area (Å²) in [7, 11) is 0.